The van der Waals surface area contributed by atoms with Gasteiger partial charge in [-0.3, -0.25) is 34.2 Å². The van der Waals surface area contributed by atoms with Crippen molar-refractivity contribution >= 4 is 35.2 Å². The maximum absolute atomic E-state index is 12.7. The molecule has 28 heavy (non-hydrogen) atoms. The number of nitrogens with one attached hydrogen (secondary N) is 2. The Morgan fingerprint density at radius 1 is 1.18 bits per heavy atom. The Hall–Kier alpha value is -3.96. The van der Waals surface area contributed by atoms with Gasteiger partial charge in [0.15, 0.2) is 0 Å². The van der Waals surface area contributed by atoms with Crippen LogP contribution in [-0.4, -0.2) is 60.7 Å². The zero-order valence-corrected chi connectivity index (χ0v) is 14.3. The molecule has 12 nitrogen and oxygen atoms in total. The van der Waals surface area contributed by atoms with Gasteiger partial charge in [-0.1, -0.05) is 0 Å². The number of carbonyl (C=O) groups excluding carboxylic acids is 5. The van der Waals surface area contributed by atoms with Crippen molar-refractivity contribution in [3.63, 3.8) is 0 Å². The average Bonchev–Trinajstić information content (AvgIpc) is 3.23. The van der Waals surface area contributed by atoms with Gasteiger partial charge >= 0.3 is 0 Å². The van der Waals surface area contributed by atoms with Gasteiger partial charge in [0, 0.05) is 12.1 Å². The van der Waals surface area contributed by atoms with E-state index in [1.807, 2.05) is 0 Å². The number of tetrazole rings is 1. The van der Waals surface area contributed by atoms with E-state index in [0.717, 1.165) is 4.90 Å². The molecule has 3 heterocycles. The molecule has 1 atom stereocenters. The highest BCUT2D eigenvalue weighted by Crippen LogP contribution is 2.29. The number of nitrogens with zero attached hydrogens (tertiary/aromatic N) is 5. The standard InChI is InChI=1S/C16H13N7O5/c24-12-4-3-11(14(26)19-12)23-15(27)9-2-1-8(5-10(9)16(23)28)18-13(25)6-22-7-17-20-21-22/h1-2,5,7,11H,3-4,6H2,(H,18,25)(H,19,24,26). The molecule has 2 aromatic rings. The Labute approximate surface area is 156 Å². The summed E-state index contributed by atoms with van der Waals surface area (Å²) in [7, 11) is 0. The second kappa shape index (κ2) is 6.64. The first-order valence-electron chi connectivity index (χ1n) is 8.30. The van der Waals surface area contributed by atoms with Crippen LogP contribution in [0.4, 0.5) is 5.69 Å². The number of anilines is 1. The lowest BCUT2D eigenvalue weighted by Crippen LogP contribution is -2.54. The second-order valence-corrected chi connectivity index (χ2v) is 6.26. The molecule has 2 N–H and O–H groups in total. The molecule has 1 unspecified atom stereocenters. The van der Waals surface area contributed by atoms with Gasteiger partial charge in [0.1, 0.15) is 18.9 Å². The smallest absolute Gasteiger partial charge is 0.262 e. The van der Waals surface area contributed by atoms with Crippen molar-refractivity contribution in [1.82, 2.24) is 30.4 Å². The first-order chi connectivity index (χ1) is 13.4. The van der Waals surface area contributed by atoms with Gasteiger partial charge in [0.2, 0.25) is 17.7 Å². The molecule has 0 spiro atoms. The maximum atomic E-state index is 12.7. The lowest BCUT2D eigenvalue weighted by molar-refractivity contribution is -0.136. The Kier molecular flexibility index (Phi) is 4.14. The lowest BCUT2D eigenvalue weighted by atomic mass is 10.0. The summed E-state index contributed by atoms with van der Waals surface area (Å²) in [6, 6.07) is 3.23. The van der Waals surface area contributed by atoms with E-state index in [-0.39, 0.29) is 30.5 Å². The summed E-state index contributed by atoms with van der Waals surface area (Å²) in [5, 5.41) is 15.2. The summed E-state index contributed by atoms with van der Waals surface area (Å²) in [4.78, 5) is 61.6. The summed E-state index contributed by atoms with van der Waals surface area (Å²) in [6.45, 7) is -0.126. The molecule has 0 radical (unpaired) electrons. The highest BCUT2D eigenvalue weighted by Gasteiger charge is 2.44. The second-order valence-electron chi connectivity index (χ2n) is 6.26. The third-order valence-electron chi connectivity index (χ3n) is 4.42. The predicted molar refractivity (Wildman–Crippen MR) is 89.6 cm³/mol. The van der Waals surface area contributed by atoms with Crippen LogP contribution in [0, 0.1) is 0 Å². The fraction of sp³-hybridized carbons (Fsp3) is 0.250. The van der Waals surface area contributed by atoms with Crippen molar-refractivity contribution in [2.24, 2.45) is 0 Å². The number of benzene rings is 1. The Morgan fingerprint density at radius 2 is 1.96 bits per heavy atom. The van der Waals surface area contributed by atoms with Gasteiger partial charge in [-0.05, 0) is 35.0 Å². The van der Waals surface area contributed by atoms with Crippen molar-refractivity contribution in [1.29, 1.82) is 0 Å². The number of rotatable bonds is 4. The number of imide groups is 2. The first-order valence-corrected chi connectivity index (χ1v) is 8.30. The quantitative estimate of drug-likeness (QED) is 0.618. The van der Waals surface area contributed by atoms with Crippen molar-refractivity contribution in [3.8, 4) is 0 Å². The number of amides is 5. The molecule has 1 fully saturated rings. The van der Waals surface area contributed by atoms with Gasteiger partial charge in [-0.2, -0.15) is 0 Å². The van der Waals surface area contributed by atoms with Crippen LogP contribution in [0.3, 0.4) is 0 Å². The maximum Gasteiger partial charge on any atom is 0.262 e. The first kappa shape index (κ1) is 17.5. The molecule has 2 aliphatic heterocycles. The lowest BCUT2D eigenvalue weighted by Gasteiger charge is -2.27. The van der Waals surface area contributed by atoms with Crippen LogP contribution < -0.4 is 10.6 Å². The van der Waals surface area contributed by atoms with Crippen LogP contribution in [0.15, 0.2) is 24.5 Å². The molecule has 2 aliphatic rings. The average molecular weight is 383 g/mol. The normalized spacial score (nSPS) is 18.9. The summed E-state index contributed by atoms with van der Waals surface area (Å²) >= 11 is 0. The van der Waals surface area contributed by atoms with E-state index in [2.05, 4.69) is 26.2 Å². The van der Waals surface area contributed by atoms with E-state index in [0.29, 0.717) is 5.69 Å². The van der Waals surface area contributed by atoms with Crippen molar-refractivity contribution in [2.75, 3.05) is 5.32 Å². The van der Waals surface area contributed by atoms with Crippen molar-refractivity contribution in [3.05, 3.63) is 35.7 Å². The third-order valence-corrected chi connectivity index (χ3v) is 4.42. The zero-order valence-electron chi connectivity index (χ0n) is 14.3. The summed E-state index contributed by atoms with van der Waals surface area (Å²) < 4.78 is 1.22. The van der Waals surface area contributed by atoms with Crippen LogP contribution in [0.25, 0.3) is 0 Å². The molecular weight excluding hydrogens is 370 g/mol. The zero-order chi connectivity index (χ0) is 19.8. The fourth-order valence-electron chi connectivity index (χ4n) is 3.15. The molecule has 1 aromatic heterocycles. The Bertz CT molecular complexity index is 1020. The highest BCUT2D eigenvalue weighted by molar-refractivity contribution is 6.23. The monoisotopic (exact) mass is 383 g/mol. The molecule has 0 saturated carbocycles. The number of aromatic nitrogens is 4. The molecule has 5 amide bonds. The molecule has 0 aliphatic carbocycles. The topological polar surface area (TPSA) is 156 Å². The molecular formula is C16H13N7O5. The van der Waals surface area contributed by atoms with E-state index in [1.165, 1.54) is 29.2 Å². The summed E-state index contributed by atoms with van der Waals surface area (Å²) in [5.74, 6) is -2.80. The van der Waals surface area contributed by atoms with Gasteiger partial charge < -0.3 is 5.32 Å². The van der Waals surface area contributed by atoms with Gasteiger partial charge in [0.05, 0.1) is 11.1 Å². The van der Waals surface area contributed by atoms with Gasteiger partial charge in [-0.15, -0.1) is 5.10 Å². The number of carbonyl (C=O) groups is 5. The van der Waals surface area contributed by atoms with E-state index < -0.39 is 35.6 Å². The van der Waals surface area contributed by atoms with Crippen molar-refractivity contribution in [2.45, 2.75) is 25.4 Å². The van der Waals surface area contributed by atoms with E-state index >= 15 is 0 Å². The number of piperidine rings is 1. The van der Waals surface area contributed by atoms with E-state index in [1.54, 1.807) is 0 Å². The van der Waals surface area contributed by atoms with Crippen LogP contribution in [-0.2, 0) is 20.9 Å². The van der Waals surface area contributed by atoms with Crippen LogP contribution in [0.5, 0.6) is 0 Å². The minimum Gasteiger partial charge on any atom is -0.324 e. The SMILES string of the molecule is O=C1CCC(N2C(=O)c3ccc(NC(=O)Cn4cnnn4)cc3C2=O)C(=O)N1. The predicted octanol–water partition coefficient (Wildman–Crippen LogP) is -1.29. The van der Waals surface area contributed by atoms with E-state index in [4.69, 9.17) is 0 Å². The van der Waals surface area contributed by atoms with E-state index in [9.17, 15) is 24.0 Å². The molecule has 4 rings (SSSR count). The number of fused-ring (bicyclic) bond motifs is 1. The Balaban J connectivity index is 1.53. The van der Waals surface area contributed by atoms with Crippen molar-refractivity contribution < 1.29 is 24.0 Å². The van der Waals surface area contributed by atoms with Crippen LogP contribution in [0.2, 0.25) is 0 Å². The minimum atomic E-state index is -1.04. The molecule has 0 bridgehead atoms. The minimum absolute atomic E-state index is 0.0439. The van der Waals surface area contributed by atoms with Gasteiger partial charge in [-0.25, -0.2) is 4.68 Å². The molecule has 1 aromatic carbocycles. The summed E-state index contributed by atoms with van der Waals surface area (Å²) in [6.07, 6.45) is 1.40. The number of hydrogen-bond donors (Lipinski definition) is 2. The number of hydrogen-bond acceptors (Lipinski definition) is 8. The highest BCUT2D eigenvalue weighted by atomic mass is 16.2. The van der Waals surface area contributed by atoms with Gasteiger partial charge in [0.25, 0.3) is 11.8 Å². The van der Waals surface area contributed by atoms with Crippen LogP contribution in [0.1, 0.15) is 33.6 Å². The molecule has 1 saturated heterocycles. The molecule has 12 heteroatoms. The summed E-state index contributed by atoms with van der Waals surface area (Å²) in [5.41, 5.74) is 0.520. The Morgan fingerprint density at radius 3 is 2.68 bits per heavy atom. The fourth-order valence-corrected chi connectivity index (χ4v) is 3.15. The molecule has 142 valence electrons. The third kappa shape index (κ3) is 3.00. The van der Waals surface area contributed by atoms with Crippen LogP contribution >= 0.6 is 0 Å². The largest absolute Gasteiger partial charge is 0.324 e.